The van der Waals surface area contributed by atoms with Crippen LogP contribution in [0.3, 0.4) is 0 Å². The highest BCUT2D eigenvalue weighted by atomic mass is 32.1. The van der Waals surface area contributed by atoms with Crippen LogP contribution in [-0.2, 0) is 18.6 Å². The predicted molar refractivity (Wildman–Crippen MR) is 138 cm³/mol. The van der Waals surface area contributed by atoms with E-state index in [0.29, 0.717) is 6.54 Å². The van der Waals surface area contributed by atoms with E-state index in [9.17, 15) is 4.79 Å². The van der Waals surface area contributed by atoms with E-state index in [0.717, 1.165) is 53.7 Å². The minimum absolute atomic E-state index is 0.0134. The summed E-state index contributed by atoms with van der Waals surface area (Å²) in [6.45, 7) is 11.9. The molecule has 0 amide bonds. The summed E-state index contributed by atoms with van der Waals surface area (Å²) in [5.41, 5.74) is 2.49. The first-order valence-corrected chi connectivity index (χ1v) is 12.9. The van der Waals surface area contributed by atoms with Gasteiger partial charge in [0.25, 0.3) is 5.56 Å². The maximum atomic E-state index is 13.1. The van der Waals surface area contributed by atoms with Gasteiger partial charge in [-0.15, -0.1) is 16.4 Å². The van der Waals surface area contributed by atoms with Gasteiger partial charge in [-0.1, -0.05) is 44.5 Å². The first-order valence-electron chi connectivity index (χ1n) is 12.0. The summed E-state index contributed by atoms with van der Waals surface area (Å²) >= 11 is 1.73. The normalized spacial score (nSPS) is 13.1. The van der Waals surface area contributed by atoms with Crippen molar-refractivity contribution in [2.75, 3.05) is 0 Å². The van der Waals surface area contributed by atoms with Gasteiger partial charge in [-0.2, -0.15) is 0 Å². The number of aromatic nitrogens is 5. The van der Waals surface area contributed by atoms with E-state index in [1.807, 2.05) is 29.8 Å². The number of H-pyrrole nitrogens is 1. The van der Waals surface area contributed by atoms with Crippen molar-refractivity contribution in [3.63, 3.8) is 0 Å². The number of aryl methyl sites for hydroxylation is 1. The molecule has 0 aliphatic carbocycles. The number of benzene rings is 1. The topological polar surface area (TPSA) is 79.7 Å². The molecule has 4 aromatic rings. The zero-order valence-corrected chi connectivity index (χ0v) is 21.5. The lowest BCUT2D eigenvalue weighted by Crippen LogP contribution is -2.36. The molecule has 1 N–H and O–H groups in total. The quantitative estimate of drug-likeness (QED) is 0.322. The minimum Gasteiger partial charge on any atom is -0.321 e. The molecule has 0 saturated carbocycles. The van der Waals surface area contributed by atoms with E-state index < -0.39 is 0 Å². The van der Waals surface area contributed by atoms with Crippen molar-refractivity contribution in [3.05, 3.63) is 74.0 Å². The molecule has 7 nitrogen and oxygen atoms in total. The van der Waals surface area contributed by atoms with Crippen LogP contribution in [0.5, 0.6) is 0 Å². The van der Waals surface area contributed by atoms with Gasteiger partial charge in [0.15, 0.2) is 5.82 Å². The molecular formula is C26H34N6OS. The molecule has 0 bridgehead atoms. The fourth-order valence-electron chi connectivity index (χ4n) is 4.37. The number of nitrogens with one attached hydrogen (secondary N) is 1. The Kier molecular flexibility index (Phi) is 7.28. The summed E-state index contributed by atoms with van der Waals surface area (Å²) < 4.78 is 1.97. The van der Waals surface area contributed by atoms with Crippen LogP contribution in [0.2, 0.25) is 0 Å². The average Bonchev–Trinajstić information content (AvgIpc) is 3.51. The van der Waals surface area contributed by atoms with Crippen molar-refractivity contribution < 1.29 is 0 Å². The molecular weight excluding hydrogens is 444 g/mol. The van der Waals surface area contributed by atoms with Gasteiger partial charge in [-0.3, -0.25) is 9.69 Å². The predicted octanol–water partition coefficient (Wildman–Crippen LogP) is 5.57. The minimum atomic E-state index is -0.197. The zero-order chi connectivity index (χ0) is 24.3. The average molecular weight is 479 g/mol. The molecule has 1 aromatic carbocycles. The smallest absolute Gasteiger partial charge is 0.252 e. The van der Waals surface area contributed by atoms with Crippen molar-refractivity contribution in [2.24, 2.45) is 0 Å². The van der Waals surface area contributed by atoms with Crippen molar-refractivity contribution in [2.45, 2.75) is 78.6 Å². The maximum Gasteiger partial charge on any atom is 0.252 e. The lowest BCUT2D eigenvalue weighted by atomic mass is 10.0. The van der Waals surface area contributed by atoms with Crippen molar-refractivity contribution in [3.8, 4) is 0 Å². The summed E-state index contributed by atoms with van der Waals surface area (Å²) in [6.07, 6.45) is 2.80. The Labute approximate surface area is 204 Å². The summed E-state index contributed by atoms with van der Waals surface area (Å²) in [6, 6.07) is 12.3. The highest BCUT2D eigenvalue weighted by molar-refractivity contribution is 7.09. The summed E-state index contributed by atoms with van der Waals surface area (Å²) in [7, 11) is 0. The second-order valence-electron chi connectivity index (χ2n) is 9.57. The second-order valence-corrected chi connectivity index (χ2v) is 10.6. The maximum absolute atomic E-state index is 13.1. The molecule has 0 aliphatic rings. The zero-order valence-electron chi connectivity index (χ0n) is 20.7. The third-order valence-electron chi connectivity index (χ3n) is 6.71. The van der Waals surface area contributed by atoms with Gasteiger partial charge in [0.05, 0.1) is 17.1 Å². The second kappa shape index (κ2) is 10.2. The molecule has 1 unspecified atom stereocenters. The monoisotopic (exact) mass is 478 g/mol. The standard InChI is InChI=1S/C26H34N6OS/c1-6-10-22(24-28-29-30-32(24)26(4,5)7-2)31(17-21-13-9-14-34-21)16-20-15-19-12-8-11-18(3)23(19)27-25(20)33/h8-9,11-15,22H,6-7,10,16-17H2,1-5H3,(H,27,33). The fourth-order valence-corrected chi connectivity index (χ4v) is 5.10. The molecule has 0 aliphatic heterocycles. The number of hydrogen-bond acceptors (Lipinski definition) is 6. The van der Waals surface area contributed by atoms with Crippen LogP contribution in [0.4, 0.5) is 0 Å². The third kappa shape index (κ3) is 4.98. The number of fused-ring (bicyclic) bond motifs is 1. The van der Waals surface area contributed by atoms with Gasteiger partial charge in [0, 0.05) is 23.5 Å². The van der Waals surface area contributed by atoms with E-state index in [2.05, 4.69) is 76.7 Å². The van der Waals surface area contributed by atoms with E-state index in [4.69, 9.17) is 0 Å². The molecule has 8 heteroatoms. The van der Waals surface area contributed by atoms with Gasteiger partial charge in [-0.25, -0.2) is 4.68 Å². The van der Waals surface area contributed by atoms with E-state index in [1.54, 1.807) is 11.3 Å². The highest BCUT2D eigenvalue weighted by Crippen LogP contribution is 2.31. The molecule has 3 heterocycles. The highest BCUT2D eigenvalue weighted by Gasteiger charge is 2.31. The SMILES string of the molecule is CCCC(c1nnnn1C(C)(C)CC)N(Cc1cccs1)Cc1cc2cccc(C)c2[nH]c1=O. The summed E-state index contributed by atoms with van der Waals surface area (Å²) in [4.78, 5) is 19.9. The number of hydrogen-bond donors (Lipinski definition) is 1. The van der Waals surface area contributed by atoms with Crippen LogP contribution in [0.15, 0.2) is 46.6 Å². The van der Waals surface area contributed by atoms with Crippen LogP contribution in [0, 0.1) is 6.92 Å². The van der Waals surface area contributed by atoms with Crippen LogP contribution in [0.1, 0.15) is 74.8 Å². The molecule has 0 saturated heterocycles. The van der Waals surface area contributed by atoms with E-state index >= 15 is 0 Å². The number of pyridine rings is 1. The first kappa shape index (κ1) is 24.3. The Bertz CT molecular complexity index is 1290. The molecule has 1 atom stereocenters. The Morgan fingerprint density at radius 1 is 1.18 bits per heavy atom. The molecule has 0 spiro atoms. The van der Waals surface area contributed by atoms with Crippen LogP contribution in [0.25, 0.3) is 10.9 Å². The number of rotatable bonds is 10. The molecule has 3 aromatic heterocycles. The molecule has 180 valence electrons. The van der Waals surface area contributed by atoms with Gasteiger partial charge in [-0.05, 0) is 72.5 Å². The number of tetrazole rings is 1. The van der Waals surface area contributed by atoms with Crippen molar-refractivity contribution in [1.29, 1.82) is 0 Å². The van der Waals surface area contributed by atoms with Crippen molar-refractivity contribution >= 4 is 22.2 Å². The van der Waals surface area contributed by atoms with Gasteiger partial charge < -0.3 is 4.98 Å². The van der Waals surface area contributed by atoms with Crippen LogP contribution >= 0.6 is 11.3 Å². The number of thiophene rings is 1. The van der Waals surface area contributed by atoms with Gasteiger partial charge in [0.1, 0.15) is 0 Å². The number of para-hydroxylation sites is 1. The fraction of sp³-hybridized carbons (Fsp3) is 0.462. The summed E-state index contributed by atoms with van der Waals surface area (Å²) in [5, 5.41) is 16.1. The Hall–Kier alpha value is -2.84. The van der Waals surface area contributed by atoms with E-state index in [1.165, 1.54) is 4.88 Å². The molecule has 4 rings (SSSR count). The first-order chi connectivity index (χ1) is 16.3. The lowest BCUT2D eigenvalue weighted by molar-refractivity contribution is 0.147. The van der Waals surface area contributed by atoms with Gasteiger partial charge in [0.2, 0.25) is 0 Å². The lowest BCUT2D eigenvalue weighted by Gasteiger charge is -2.33. The Morgan fingerprint density at radius 3 is 2.71 bits per heavy atom. The number of nitrogens with zero attached hydrogens (tertiary/aromatic N) is 5. The third-order valence-corrected chi connectivity index (χ3v) is 7.57. The Balaban J connectivity index is 1.78. The largest absolute Gasteiger partial charge is 0.321 e. The van der Waals surface area contributed by atoms with Crippen LogP contribution < -0.4 is 5.56 Å². The van der Waals surface area contributed by atoms with Crippen LogP contribution in [-0.4, -0.2) is 30.1 Å². The number of aromatic amines is 1. The van der Waals surface area contributed by atoms with Crippen molar-refractivity contribution in [1.82, 2.24) is 30.1 Å². The van der Waals surface area contributed by atoms with E-state index in [-0.39, 0.29) is 17.1 Å². The summed E-state index contributed by atoms with van der Waals surface area (Å²) in [5.74, 6) is 0.860. The molecule has 34 heavy (non-hydrogen) atoms. The molecule has 0 fully saturated rings. The van der Waals surface area contributed by atoms with Gasteiger partial charge >= 0.3 is 0 Å². The Morgan fingerprint density at radius 2 is 2.00 bits per heavy atom. The molecule has 0 radical (unpaired) electrons.